The van der Waals surface area contributed by atoms with Crippen LogP contribution in [-0.2, 0) is 6.42 Å². The van der Waals surface area contributed by atoms with Crippen LogP contribution in [0.2, 0.25) is 0 Å². The van der Waals surface area contributed by atoms with Crippen LogP contribution in [0.1, 0.15) is 28.6 Å². The molecule has 16 heavy (non-hydrogen) atoms. The summed E-state index contributed by atoms with van der Waals surface area (Å²) in [6.07, 6.45) is 1.89. The third-order valence-electron chi connectivity index (χ3n) is 2.22. The number of nitrogens with one attached hydrogen (secondary N) is 2. The zero-order valence-electron chi connectivity index (χ0n) is 9.71. The summed E-state index contributed by atoms with van der Waals surface area (Å²) in [5, 5.41) is 7.95. The lowest BCUT2D eigenvalue weighted by Gasteiger charge is -2.04. The number of aryl methyl sites for hydroxylation is 1. The standard InChI is InChI=1S/C11H18N2OS.ClH/c1-3-9-5-8-15-10(9)11(14)13-7-4-6-12-2;/h5,8,12H,3-4,6-7H2,1-2H3,(H,13,14);1H. The average molecular weight is 263 g/mol. The van der Waals surface area contributed by atoms with Crippen LogP contribution >= 0.6 is 23.7 Å². The van der Waals surface area contributed by atoms with Gasteiger partial charge in [0.1, 0.15) is 0 Å². The zero-order chi connectivity index (χ0) is 11.1. The molecule has 92 valence electrons. The van der Waals surface area contributed by atoms with Crippen molar-refractivity contribution in [3.05, 3.63) is 21.9 Å². The average Bonchev–Trinajstić information content (AvgIpc) is 2.72. The normalized spacial score (nSPS) is 9.62. The minimum atomic E-state index is 0. The smallest absolute Gasteiger partial charge is 0.261 e. The number of rotatable bonds is 6. The fraction of sp³-hybridized carbons (Fsp3) is 0.545. The van der Waals surface area contributed by atoms with Crippen LogP contribution < -0.4 is 10.6 Å². The number of halogens is 1. The molecule has 1 rings (SSSR count). The molecule has 1 aromatic rings. The van der Waals surface area contributed by atoms with Crippen molar-refractivity contribution in [3.63, 3.8) is 0 Å². The number of thiophene rings is 1. The molecule has 0 fully saturated rings. The Hall–Kier alpha value is -0.580. The monoisotopic (exact) mass is 262 g/mol. The van der Waals surface area contributed by atoms with Gasteiger partial charge in [-0.15, -0.1) is 23.7 Å². The first kappa shape index (κ1) is 15.4. The highest BCUT2D eigenvalue weighted by Crippen LogP contribution is 2.16. The maximum atomic E-state index is 11.7. The molecule has 0 spiro atoms. The number of hydrogen-bond acceptors (Lipinski definition) is 3. The molecule has 0 saturated carbocycles. The molecular weight excluding hydrogens is 244 g/mol. The lowest BCUT2D eigenvalue weighted by atomic mass is 10.2. The molecule has 1 heterocycles. The van der Waals surface area contributed by atoms with Crippen molar-refractivity contribution in [2.75, 3.05) is 20.1 Å². The summed E-state index contributed by atoms with van der Waals surface area (Å²) >= 11 is 1.52. The fourth-order valence-corrected chi connectivity index (χ4v) is 2.27. The van der Waals surface area contributed by atoms with Gasteiger partial charge in [0.05, 0.1) is 4.88 Å². The van der Waals surface area contributed by atoms with Crippen LogP contribution in [0.4, 0.5) is 0 Å². The Morgan fingerprint density at radius 3 is 2.81 bits per heavy atom. The van der Waals surface area contributed by atoms with Crippen molar-refractivity contribution >= 4 is 29.7 Å². The van der Waals surface area contributed by atoms with Crippen LogP contribution in [0, 0.1) is 0 Å². The van der Waals surface area contributed by atoms with Crippen LogP contribution in [0.3, 0.4) is 0 Å². The molecule has 0 saturated heterocycles. The Morgan fingerprint density at radius 2 is 2.19 bits per heavy atom. The van der Waals surface area contributed by atoms with Crippen LogP contribution in [0.25, 0.3) is 0 Å². The predicted molar refractivity (Wildman–Crippen MR) is 71.8 cm³/mol. The highest BCUT2D eigenvalue weighted by molar-refractivity contribution is 7.12. The van der Waals surface area contributed by atoms with Crippen molar-refractivity contribution in [1.29, 1.82) is 0 Å². The maximum Gasteiger partial charge on any atom is 0.261 e. The third-order valence-corrected chi connectivity index (χ3v) is 3.18. The molecule has 5 heteroatoms. The second-order valence-electron chi connectivity index (χ2n) is 3.34. The van der Waals surface area contributed by atoms with E-state index in [-0.39, 0.29) is 18.3 Å². The maximum absolute atomic E-state index is 11.7. The second kappa shape index (κ2) is 8.56. The lowest BCUT2D eigenvalue weighted by molar-refractivity contribution is 0.0956. The summed E-state index contributed by atoms with van der Waals surface area (Å²) in [6, 6.07) is 2.02. The van der Waals surface area contributed by atoms with E-state index >= 15 is 0 Å². The molecule has 3 nitrogen and oxygen atoms in total. The van der Waals surface area contributed by atoms with Crippen molar-refractivity contribution < 1.29 is 4.79 Å². The van der Waals surface area contributed by atoms with Gasteiger partial charge in [0.2, 0.25) is 0 Å². The number of amides is 1. The minimum absolute atomic E-state index is 0. The Labute approximate surface area is 107 Å². The summed E-state index contributed by atoms with van der Waals surface area (Å²) in [4.78, 5) is 12.6. The highest BCUT2D eigenvalue weighted by Gasteiger charge is 2.10. The van der Waals surface area contributed by atoms with E-state index in [0.717, 1.165) is 36.4 Å². The number of carbonyl (C=O) groups is 1. The summed E-state index contributed by atoms with van der Waals surface area (Å²) in [7, 11) is 1.91. The minimum Gasteiger partial charge on any atom is -0.351 e. The Balaban J connectivity index is 0.00000225. The Morgan fingerprint density at radius 1 is 1.44 bits per heavy atom. The van der Waals surface area contributed by atoms with E-state index in [1.54, 1.807) is 0 Å². The number of carbonyl (C=O) groups excluding carboxylic acids is 1. The molecule has 0 aliphatic carbocycles. The van der Waals surface area contributed by atoms with Gasteiger partial charge in [-0.25, -0.2) is 0 Å². The second-order valence-corrected chi connectivity index (χ2v) is 4.26. The van der Waals surface area contributed by atoms with Crippen molar-refractivity contribution in [2.45, 2.75) is 19.8 Å². The van der Waals surface area contributed by atoms with Gasteiger partial charge in [0, 0.05) is 6.54 Å². The van der Waals surface area contributed by atoms with E-state index in [1.165, 1.54) is 11.3 Å². The quantitative estimate of drug-likeness (QED) is 0.771. The fourth-order valence-electron chi connectivity index (χ4n) is 1.36. The van der Waals surface area contributed by atoms with E-state index in [0.29, 0.717) is 0 Å². The van der Waals surface area contributed by atoms with Crippen LogP contribution in [0.5, 0.6) is 0 Å². The molecule has 0 aliphatic heterocycles. The third kappa shape index (κ3) is 4.51. The summed E-state index contributed by atoms with van der Waals surface area (Å²) in [6.45, 7) is 3.74. The SMILES string of the molecule is CCc1ccsc1C(=O)NCCCNC.Cl. The van der Waals surface area contributed by atoms with Crippen LogP contribution in [-0.4, -0.2) is 26.0 Å². The lowest BCUT2D eigenvalue weighted by Crippen LogP contribution is -2.26. The first-order valence-electron chi connectivity index (χ1n) is 5.28. The van der Waals surface area contributed by atoms with Gasteiger partial charge < -0.3 is 10.6 Å². The number of hydrogen-bond donors (Lipinski definition) is 2. The molecule has 0 aromatic carbocycles. The van der Waals surface area contributed by atoms with E-state index < -0.39 is 0 Å². The van der Waals surface area contributed by atoms with Crippen molar-refractivity contribution in [1.82, 2.24) is 10.6 Å². The van der Waals surface area contributed by atoms with E-state index in [9.17, 15) is 4.79 Å². The van der Waals surface area contributed by atoms with Crippen molar-refractivity contribution in [2.24, 2.45) is 0 Å². The molecule has 0 atom stereocenters. The van der Waals surface area contributed by atoms with Crippen molar-refractivity contribution in [3.8, 4) is 0 Å². The first-order chi connectivity index (χ1) is 7.29. The molecule has 0 bridgehead atoms. The van der Waals surface area contributed by atoms with E-state index in [2.05, 4.69) is 17.6 Å². The molecule has 2 N–H and O–H groups in total. The molecule has 0 unspecified atom stereocenters. The Bertz CT molecular complexity index is 315. The predicted octanol–water partition coefficient (Wildman–Crippen LogP) is 2.07. The summed E-state index contributed by atoms with van der Waals surface area (Å²) < 4.78 is 0. The van der Waals surface area contributed by atoms with Crippen LogP contribution in [0.15, 0.2) is 11.4 Å². The van der Waals surface area contributed by atoms with Gasteiger partial charge in [-0.2, -0.15) is 0 Å². The largest absolute Gasteiger partial charge is 0.351 e. The van der Waals surface area contributed by atoms with Gasteiger partial charge in [0.25, 0.3) is 5.91 Å². The molecular formula is C11H19ClN2OS. The Kier molecular flexibility index (Phi) is 8.25. The zero-order valence-corrected chi connectivity index (χ0v) is 11.3. The van der Waals surface area contributed by atoms with Gasteiger partial charge in [-0.1, -0.05) is 6.92 Å². The topological polar surface area (TPSA) is 41.1 Å². The van der Waals surface area contributed by atoms with E-state index in [1.807, 2.05) is 18.5 Å². The van der Waals surface area contributed by atoms with Gasteiger partial charge in [0.15, 0.2) is 0 Å². The summed E-state index contributed by atoms with van der Waals surface area (Å²) in [5.41, 5.74) is 1.14. The first-order valence-corrected chi connectivity index (χ1v) is 6.16. The van der Waals surface area contributed by atoms with Gasteiger partial charge in [-0.05, 0) is 43.4 Å². The molecule has 0 radical (unpaired) electrons. The highest BCUT2D eigenvalue weighted by atomic mass is 35.5. The molecule has 1 amide bonds. The van der Waals surface area contributed by atoms with E-state index in [4.69, 9.17) is 0 Å². The van der Waals surface area contributed by atoms with Gasteiger partial charge >= 0.3 is 0 Å². The van der Waals surface area contributed by atoms with Gasteiger partial charge in [-0.3, -0.25) is 4.79 Å². The molecule has 0 aliphatic rings. The molecule has 1 aromatic heterocycles. The summed E-state index contributed by atoms with van der Waals surface area (Å²) in [5.74, 6) is 0.0675.